The maximum Gasteiger partial charge on any atom is 0.211 e. The van der Waals surface area contributed by atoms with Gasteiger partial charge in [-0.25, -0.2) is 18.1 Å². The first-order valence-electron chi connectivity index (χ1n) is 4.48. The Labute approximate surface area is 88.4 Å². The monoisotopic (exact) mass is 234 g/mol. The van der Waals surface area contributed by atoms with Crippen molar-refractivity contribution in [2.45, 2.75) is 26.8 Å². The van der Waals surface area contributed by atoms with Crippen LogP contribution in [0.2, 0.25) is 0 Å². The van der Waals surface area contributed by atoms with E-state index in [0.717, 1.165) is 11.4 Å². The molecule has 0 aliphatic carbocycles. The maximum absolute atomic E-state index is 11.1. The highest BCUT2D eigenvalue weighted by Gasteiger charge is 2.07. The summed E-state index contributed by atoms with van der Waals surface area (Å²) >= 11 is 1.55. The van der Waals surface area contributed by atoms with Crippen LogP contribution in [0.3, 0.4) is 0 Å². The van der Waals surface area contributed by atoms with E-state index >= 15 is 0 Å². The van der Waals surface area contributed by atoms with Gasteiger partial charge < -0.3 is 0 Å². The molecule has 0 aliphatic heterocycles. The lowest BCUT2D eigenvalue weighted by atomic mass is 10.4. The molecule has 1 aromatic heterocycles. The van der Waals surface area contributed by atoms with Crippen LogP contribution in [0, 0.1) is 0 Å². The second-order valence-electron chi connectivity index (χ2n) is 2.80. The molecule has 1 aromatic rings. The Morgan fingerprint density at radius 1 is 1.50 bits per heavy atom. The molecule has 80 valence electrons. The molecule has 1 rings (SSSR count). The van der Waals surface area contributed by atoms with Crippen molar-refractivity contribution in [1.82, 2.24) is 9.71 Å². The number of hydrogen-bond acceptors (Lipinski definition) is 4. The van der Waals surface area contributed by atoms with Crippen LogP contribution < -0.4 is 4.72 Å². The molecule has 0 saturated carbocycles. The van der Waals surface area contributed by atoms with E-state index in [2.05, 4.69) is 9.71 Å². The summed E-state index contributed by atoms with van der Waals surface area (Å²) in [6, 6.07) is 0. The summed E-state index contributed by atoms with van der Waals surface area (Å²) in [5.41, 5.74) is 0. The summed E-state index contributed by atoms with van der Waals surface area (Å²) in [4.78, 5) is 5.29. The van der Waals surface area contributed by atoms with E-state index in [0.29, 0.717) is 6.54 Å². The molecule has 0 bridgehead atoms. The molecular weight excluding hydrogens is 220 g/mol. The van der Waals surface area contributed by atoms with Crippen molar-refractivity contribution < 1.29 is 8.42 Å². The number of sulfonamides is 1. The molecule has 1 N–H and O–H groups in total. The third kappa shape index (κ3) is 3.36. The summed E-state index contributed by atoms with van der Waals surface area (Å²) < 4.78 is 24.7. The van der Waals surface area contributed by atoms with E-state index in [-0.39, 0.29) is 5.75 Å². The van der Waals surface area contributed by atoms with Crippen LogP contribution in [-0.4, -0.2) is 19.2 Å². The minimum Gasteiger partial charge on any atom is -0.248 e. The highest BCUT2D eigenvalue weighted by molar-refractivity contribution is 7.89. The summed E-state index contributed by atoms with van der Waals surface area (Å²) in [5.74, 6) is 0.110. The smallest absolute Gasteiger partial charge is 0.211 e. The molecule has 0 unspecified atom stereocenters. The molecule has 14 heavy (non-hydrogen) atoms. The van der Waals surface area contributed by atoms with Crippen LogP contribution in [0.1, 0.15) is 23.7 Å². The highest BCUT2D eigenvalue weighted by Crippen LogP contribution is 2.12. The van der Waals surface area contributed by atoms with E-state index in [1.165, 1.54) is 4.88 Å². The van der Waals surface area contributed by atoms with E-state index in [4.69, 9.17) is 0 Å². The predicted octanol–water partition coefficient (Wildman–Crippen LogP) is 1.14. The third-order valence-electron chi connectivity index (χ3n) is 1.77. The second kappa shape index (κ2) is 4.86. The number of aryl methyl sites for hydroxylation is 1. The fourth-order valence-corrected chi connectivity index (χ4v) is 2.32. The number of nitrogens with one attached hydrogen (secondary N) is 1. The number of hydrogen-bond donors (Lipinski definition) is 1. The van der Waals surface area contributed by atoms with Gasteiger partial charge in [-0.1, -0.05) is 6.92 Å². The van der Waals surface area contributed by atoms with Crippen LogP contribution >= 0.6 is 11.3 Å². The van der Waals surface area contributed by atoms with Crippen molar-refractivity contribution in [1.29, 1.82) is 0 Å². The molecule has 4 nitrogen and oxygen atoms in total. The van der Waals surface area contributed by atoms with Crippen molar-refractivity contribution >= 4 is 21.4 Å². The summed E-state index contributed by atoms with van der Waals surface area (Å²) in [6.45, 7) is 3.97. The normalized spacial score (nSPS) is 11.9. The molecular formula is C8H14N2O2S2. The average Bonchev–Trinajstić information content (AvgIpc) is 2.63. The van der Waals surface area contributed by atoms with Crippen LogP contribution in [0.25, 0.3) is 0 Å². The van der Waals surface area contributed by atoms with Crippen LogP contribution in [0.4, 0.5) is 0 Å². The van der Waals surface area contributed by atoms with Crippen LogP contribution in [0.5, 0.6) is 0 Å². The summed E-state index contributed by atoms with van der Waals surface area (Å²) in [5, 5.41) is 0.818. The van der Waals surface area contributed by atoms with Crippen molar-refractivity contribution in [3.8, 4) is 0 Å². The van der Waals surface area contributed by atoms with Gasteiger partial charge >= 0.3 is 0 Å². The summed E-state index contributed by atoms with van der Waals surface area (Å²) in [7, 11) is -3.10. The van der Waals surface area contributed by atoms with Gasteiger partial charge in [-0.2, -0.15) is 0 Å². The molecule has 0 radical (unpaired) electrons. The van der Waals surface area contributed by atoms with Gasteiger partial charge in [0.2, 0.25) is 10.0 Å². The van der Waals surface area contributed by atoms with Gasteiger partial charge in [-0.05, 0) is 13.3 Å². The Kier molecular flexibility index (Phi) is 4.03. The summed E-state index contributed by atoms with van der Waals surface area (Å²) in [6.07, 6.45) is 2.73. The zero-order chi connectivity index (χ0) is 10.6. The highest BCUT2D eigenvalue weighted by atomic mass is 32.2. The molecule has 0 amide bonds. The van der Waals surface area contributed by atoms with E-state index in [1.54, 1.807) is 24.5 Å². The van der Waals surface area contributed by atoms with Gasteiger partial charge in [0.25, 0.3) is 0 Å². The fourth-order valence-electron chi connectivity index (χ4n) is 0.867. The fraction of sp³-hybridized carbons (Fsp3) is 0.625. The Hall–Kier alpha value is -0.460. The van der Waals surface area contributed by atoms with Gasteiger partial charge in [0, 0.05) is 11.1 Å². The number of nitrogens with zero attached hydrogens (tertiary/aromatic N) is 1. The lowest BCUT2D eigenvalue weighted by Gasteiger charge is -2.00. The maximum atomic E-state index is 11.1. The van der Waals surface area contributed by atoms with Crippen molar-refractivity contribution in [3.63, 3.8) is 0 Å². The van der Waals surface area contributed by atoms with Gasteiger partial charge in [-0.15, -0.1) is 11.3 Å². The average molecular weight is 234 g/mol. The first-order chi connectivity index (χ1) is 6.57. The van der Waals surface area contributed by atoms with Crippen molar-refractivity contribution in [2.75, 3.05) is 5.75 Å². The predicted molar refractivity (Wildman–Crippen MR) is 57.8 cm³/mol. The van der Waals surface area contributed by atoms with Crippen molar-refractivity contribution in [3.05, 3.63) is 16.1 Å². The lowest BCUT2D eigenvalue weighted by molar-refractivity contribution is 0.582. The topological polar surface area (TPSA) is 59.1 Å². The zero-order valence-corrected chi connectivity index (χ0v) is 9.91. The van der Waals surface area contributed by atoms with E-state index in [1.807, 2.05) is 6.92 Å². The molecule has 0 fully saturated rings. The molecule has 1 heterocycles. The molecule has 0 spiro atoms. The first kappa shape index (κ1) is 11.6. The third-order valence-corrected chi connectivity index (χ3v) is 4.26. The van der Waals surface area contributed by atoms with Crippen LogP contribution in [-0.2, 0) is 23.0 Å². The minimum atomic E-state index is -3.10. The SMILES string of the molecule is CCc1cnc(CNS(=O)(=O)CC)s1. The zero-order valence-electron chi connectivity index (χ0n) is 8.28. The second-order valence-corrected chi connectivity index (χ2v) is 6.09. The lowest BCUT2D eigenvalue weighted by Crippen LogP contribution is -2.24. The van der Waals surface area contributed by atoms with Crippen LogP contribution in [0.15, 0.2) is 6.20 Å². The number of thiazole rings is 1. The quantitative estimate of drug-likeness (QED) is 0.831. The molecule has 0 aliphatic rings. The van der Waals surface area contributed by atoms with Gasteiger partial charge in [-0.3, -0.25) is 0 Å². The first-order valence-corrected chi connectivity index (χ1v) is 6.95. The Morgan fingerprint density at radius 3 is 2.71 bits per heavy atom. The molecule has 0 saturated heterocycles. The number of aromatic nitrogens is 1. The minimum absolute atomic E-state index is 0.110. The molecule has 6 heteroatoms. The molecule has 0 aromatic carbocycles. The van der Waals surface area contributed by atoms with E-state index < -0.39 is 10.0 Å². The standard InChI is InChI=1S/C8H14N2O2S2/c1-3-7-5-9-8(13-7)6-10-14(11,12)4-2/h5,10H,3-4,6H2,1-2H3. The largest absolute Gasteiger partial charge is 0.248 e. The van der Waals surface area contributed by atoms with Crippen molar-refractivity contribution in [2.24, 2.45) is 0 Å². The molecule has 0 atom stereocenters. The van der Waals surface area contributed by atoms with E-state index in [9.17, 15) is 8.42 Å². The number of rotatable bonds is 5. The van der Waals surface area contributed by atoms with Gasteiger partial charge in [0.05, 0.1) is 12.3 Å². The van der Waals surface area contributed by atoms with Gasteiger partial charge in [0.15, 0.2) is 0 Å². The Balaban J connectivity index is 2.54. The van der Waals surface area contributed by atoms with Gasteiger partial charge in [0.1, 0.15) is 5.01 Å². The Morgan fingerprint density at radius 2 is 2.21 bits per heavy atom. The Bertz CT molecular complexity index is 384.